The quantitative estimate of drug-likeness (QED) is 0.148. The molecule has 0 fully saturated rings. The molecule has 1 aliphatic rings. The Labute approximate surface area is 213 Å². The van der Waals surface area contributed by atoms with Crippen molar-refractivity contribution in [2.45, 2.75) is 112 Å². The van der Waals surface area contributed by atoms with E-state index in [2.05, 4.69) is 47.3 Å². The summed E-state index contributed by atoms with van der Waals surface area (Å²) in [6.07, 6.45) is 10.1. The van der Waals surface area contributed by atoms with Gasteiger partial charge in [0.25, 0.3) is 0 Å². The molecule has 1 aliphatic carbocycles. The summed E-state index contributed by atoms with van der Waals surface area (Å²) >= 11 is 0. The summed E-state index contributed by atoms with van der Waals surface area (Å²) in [5.41, 5.74) is 3.48. The number of esters is 1. The number of hydrogen-bond donors (Lipinski definition) is 1. The first-order chi connectivity index (χ1) is 16.3. The Kier molecular flexibility index (Phi) is 10.1. The third-order valence-electron chi connectivity index (χ3n) is 7.29. The molecule has 4 nitrogen and oxygen atoms in total. The maximum atomic E-state index is 12.3. The van der Waals surface area contributed by atoms with Crippen LogP contribution >= 0.6 is 0 Å². The van der Waals surface area contributed by atoms with Crippen LogP contribution in [0.2, 0.25) is 0 Å². The van der Waals surface area contributed by atoms with E-state index in [-0.39, 0.29) is 35.8 Å². The number of aromatic hydroxyl groups is 1. The van der Waals surface area contributed by atoms with Gasteiger partial charge in [-0.25, -0.2) is 0 Å². The molecule has 0 spiro atoms. The third kappa shape index (κ3) is 7.88. The summed E-state index contributed by atoms with van der Waals surface area (Å²) in [5.74, 6) is 0.700. The average Bonchev–Trinajstić information content (AvgIpc) is 2.75. The minimum absolute atomic E-state index is 0.0312. The van der Waals surface area contributed by atoms with E-state index < -0.39 is 5.41 Å². The monoisotopic (exact) mass is 484 g/mol. The molecule has 0 aromatic heterocycles. The van der Waals surface area contributed by atoms with Crippen LogP contribution in [0.4, 0.5) is 0 Å². The van der Waals surface area contributed by atoms with Gasteiger partial charge < -0.3 is 14.6 Å². The van der Waals surface area contributed by atoms with Gasteiger partial charge in [0.2, 0.25) is 6.79 Å². The number of carbonyl (C=O) groups is 1. The molecule has 196 valence electrons. The lowest BCUT2D eigenvalue weighted by molar-refractivity contribution is -0.159. The lowest BCUT2D eigenvalue weighted by atomic mass is 9.72. The first-order valence-electron chi connectivity index (χ1n) is 13.3. The van der Waals surface area contributed by atoms with Crippen molar-refractivity contribution >= 4 is 5.97 Å². The molecule has 35 heavy (non-hydrogen) atoms. The van der Waals surface area contributed by atoms with Crippen LogP contribution in [-0.2, 0) is 14.9 Å². The van der Waals surface area contributed by atoms with Crippen molar-refractivity contribution in [2.24, 2.45) is 11.3 Å². The molecule has 0 bridgehead atoms. The van der Waals surface area contributed by atoms with E-state index >= 15 is 0 Å². The second kappa shape index (κ2) is 12.1. The van der Waals surface area contributed by atoms with Gasteiger partial charge in [-0.05, 0) is 82.9 Å². The second-order valence-electron chi connectivity index (χ2n) is 12.1. The van der Waals surface area contributed by atoms with Gasteiger partial charge in [-0.1, -0.05) is 70.3 Å². The Morgan fingerprint density at radius 1 is 1.14 bits per heavy atom. The van der Waals surface area contributed by atoms with Gasteiger partial charge in [-0.15, -0.1) is 0 Å². The molecule has 2 atom stereocenters. The van der Waals surface area contributed by atoms with E-state index in [1.165, 1.54) is 24.8 Å². The Morgan fingerprint density at radius 3 is 2.43 bits per heavy atom. The SMILES string of the molecule is C=C(C)C1CCC(C)=CC1c1c(O)cc(C(C)(C)CCCCCC)cc1OCOC(=O)C(C)(C)C. The average molecular weight is 485 g/mol. The molecular weight excluding hydrogens is 436 g/mol. The fraction of sp³-hybridized carbons (Fsp3) is 0.645. The standard InChI is InChI=1S/C31H48O4/c1-10-11-12-13-16-31(8,9)23-18-26(32)28(25-17-22(4)14-15-24(25)21(2)3)27(19-23)34-20-35-29(33)30(5,6)7/h17-19,24-25,32H,2,10-16,20H2,1,3-9H3. The zero-order valence-electron chi connectivity index (χ0n) is 23.4. The number of allylic oxidation sites excluding steroid dienone is 3. The van der Waals surface area contributed by atoms with Gasteiger partial charge >= 0.3 is 5.97 Å². The molecule has 1 N–H and O–H groups in total. The highest BCUT2D eigenvalue weighted by molar-refractivity contribution is 5.75. The lowest BCUT2D eigenvalue weighted by Gasteiger charge is -2.33. The normalized spacial score (nSPS) is 18.7. The van der Waals surface area contributed by atoms with E-state index in [0.717, 1.165) is 42.4 Å². The molecule has 0 saturated carbocycles. The molecule has 0 amide bonds. The molecule has 0 heterocycles. The van der Waals surface area contributed by atoms with Crippen molar-refractivity contribution in [1.82, 2.24) is 0 Å². The Morgan fingerprint density at radius 2 is 1.83 bits per heavy atom. The summed E-state index contributed by atoms with van der Waals surface area (Å²) in [4.78, 5) is 12.3. The molecular formula is C31H48O4. The predicted octanol–water partition coefficient (Wildman–Crippen LogP) is 8.58. The van der Waals surface area contributed by atoms with Crippen molar-refractivity contribution in [1.29, 1.82) is 0 Å². The Bertz CT molecular complexity index is 917. The van der Waals surface area contributed by atoms with Gasteiger partial charge in [0.05, 0.1) is 5.41 Å². The van der Waals surface area contributed by atoms with Crippen molar-refractivity contribution in [3.8, 4) is 11.5 Å². The Hall–Kier alpha value is -2.23. The maximum Gasteiger partial charge on any atom is 0.314 e. The van der Waals surface area contributed by atoms with E-state index in [1.54, 1.807) is 0 Å². The number of phenolic OH excluding ortho intramolecular Hbond substituents is 1. The van der Waals surface area contributed by atoms with Gasteiger partial charge in [0.15, 0.2) is 0 Å². The van der Waals surface area contributed by atoms with Gasteiger partial charge in [-0.2, -0.15) is 0 Å². The van der Waals surface area contributed by atoms with E-state index in [1.807, 2.05) is 32.9 Å². The number of carbonyl (C=O) groups excluding carboxylic acids is 1. The number of ether oxygens (including phenoxy) is 2. The van der Waals surface area contributed by atoms with Crippen LogP contribution in [-0.4, -0.2) is 17.9 Å². The molecule has 1 aromatic carbocycles. The zero-order chi connectivity index (χ0) is 26.4. The van der Waals surface area contributed by atoms with Crippen LogP contribution in [0.3, 0.4) is 0 Å². The number of phenols is 1. The summed E-state index contributed by atoms with van der Waals surface area (Å²) in [7, 11) is 0. The van der Waals surface area contributed by atoms with Gasteiger partial charge in [0.1, 0.15) is 11.5 Å². The second-order valence-corrected chi connectivity index (χ2v) is 12.1. The smallest absolute Gasteiger partial charge is 0.314 e. The first-order valence-corrected chi connectivity index (χ1v) is 13.3. The van der Waals surface area contributed by atoms with Crippen molar-refractivity contribution in [3.63, 3.8) is 0 Å². The molecule has 1 aromatic rings. The summed E-state index contributed by atoms with van der Waals surface area (Å²) < 4.78 is 11.5. The van der Waals surface area contributed by atoms with E-state index in [9.17, 15) is 9.90 Å². The highest BCUT2D eigenvalue weighted by Gasteiger charge is 2.32. The van der Waals surface area contributed by atoms with Crippen molar-refractivity contribution < 1.29 is 19.4 Å². The van der Waals surface area contributed by atoms with Crippen LogP contribution in [0.15, 0.2) is 35.9 Å². The molecule has 4 heteroatoms. The van der Waals surface area contributed by atoms with Crippen LogP contribution in [0.25, 0.3) is 0 Å². The minimum Gasteiger partial charge on any atom is -0.507 e. The van der Waals surface area contributed by atoms with Crippen LogP contribution in [0, 0.1) is 11.3 Å². The topological polar surface area (TPSA) is 55.8 Å². The van der Waals surface area contributed by atoms with Crippen LogP contribution in [0.1, 0.15) is 117 Å². The van der Waals surface area contributed by atoms with Gasteiger partial charge in [-0.3, -0.25) is 4.79 Å². The maximum absolute atomic E-state index is 12.3. The zero-order valence-corrected chi connectivity index (χ0v) is 23.4. The van der Waals surface area contributed by atoms with Crippen LogP contribution < -0.4 is 4.74 Å². The number of hydrogen-bond acceptors (Lipinski definition) is 4. The fourth-order valence-electron chi connectivity index (χ4n) is 4.86. The lowest BCUT2D eigenvalue weighted by Crippen LogP contribution is -2.25. The van der Waals surface area contributed by atoms with E-state index in [4.69, 9.17) is 9.47 Å². The third-order valence-corrected chi connectivity index (χ3v) is 7.29. The Balaban J connectivity index is 2.46. The summed E-state index contributed by atoms with van der Waals surface area (Å²) in [5, 5.41) is 11.4. The van der Waals surface area contributed by atoms with E-state index in [0.29, 0.717) is 5.75 Å². The molecule has 0 saturated heterocycles. The predicted molar refractivity (Wildman–Crippen MR) is 145 cm³/mol. The summed E-state index contributed by atoms with van der Waals surface area (Å²) in [6.45, 7) is 20.4. The molecule has 2 unspecified atom stereocenters. The highest BCUT2D eigenvalue weighted by Crippen LogP contribution is 2.48. The fourth-order valence-corrected chi connectivity index (χ4v) is 4.86. The molecule has 2 rings (SSSR count). The highest BCUT2D eigenvalue weighted by atomic mass is 16.7. The first kappa shape index (κ1) is 29.0. The van der Waals surface area contributed by atoms with Crippen molar-refractivity contribution in [3.05, 3.63) is 47.1 Å². The minimum atomic E-state index is -0.606. The number of rotatable bonds is 11. The number of benzene rings is 1. The largest absolute Gasteiger partial charge is 0.507 e. The van der Waals surface area contributed by atoms with Crippen molar-refractivity contribution in [2.75, 3.05) is 6.79 Å². The van der Waals surface area contributed by atoms with Crippen LogP contribution in [0.5, 0.6) is 11.5 Å². The van der Waals surface area contributed by atoms with Gasteiger partial charge in [0, 0.05) is 11.5 Å². The molecule has 0 aliphatic heterocycles. The molecule has 0 radical (unpaired) electrons. The summed E-state index contributed by atoms with van der Waals surface area (Å²) in [6, 6.07) is 3.96. The number of unbranched alkanes of at least 4 members (excludes halogenated alkanes) is 3.